The predicted molar refractivity (Wildman–Crippen MR) is 63.7 cm³/mol. The summed E-state index contributed by atoms with van der Waals surface area (Å²) in [6.07, 6.45) is 3.00. The zero-order chi connectivity index (χ0) is 12.8. The lowest BCUT2D eigenvalue weighted by Gasteiger charge is -2.16. The number of carbonyl (C=O) groups excluding carboxylic acids is 2. The molecule has 1 saturated heterocycles. The van der Waals surface area contributed by atoms with E-state index in [2.05, 4.69) is 10.6 Å². The molecule has 7 heteroatoms. The number of hydrogen-bond acceptors (Lipinski definition) is 4. The number of nitrogens with one attached hydrogen (secondary N) is 2. The van der Waals surface area contributed by atoms with Gasteiger partial charge in [0.25, 0.3) is 0 Å². The number of thioether (sulfide) groups is 1. The summed E-state index contributed by atoms with van der Waals surface area (Å²) in [6, 6.07) is -1.47. The van der Waals surface area contributed by atoms with Crippen LogP contribution in [-0.4, -0.2) is 47.0 Å². The smallest absolute Gasteiger partial charge is 0.326 e. The highest BCUT2D eigenvalue weighted by Gasteiger charge is 2.30. The van der Waals surface area contributed by atoms with Gasteiger partial charge in [-0.25, -0.2) is 4.79 Å². The second-order valence-electron chi connectivity index (χ2n) is 3.84. The third kappa shape index (κ3) is 4.26. The van der Waals surface area contributed by atoms with Gasteiger partial charge >= 0.3 is 5.97 Å². The van der Waals surface area contributed by atoms with Crippen molar-refractivity contribution in [1.82, 2.24) is 10.6 Å². The highest BCUT2D eigenvalue weighted by atomic mass is 32.2. The minimum Gasteiger partial charge on any atom is -0.480 e. The molecule has 3 N–H and O–H groups in total. The largest absolute Gasteiger partial charge is 0.480 e. The second kappa shape index (κ2) is 6.48. The Morgan fingerprint density at radius 1 is 1.65 bits per heavy atom. The fraction of sp³-hybridized carbons (Fsp3) is 0.700. The number of carboxylic acids is 1. The monoisotopic (exact) mass is 260 g/mol. The Kier molecular flexibility index (Phi) is 5.27. The Balaban J connectivity index is 2.46. The average molecular weight is 260 g/mol. The lowest BCUT2D eigenvalue weighted by Crippen LogP contribution is -2.48. The maximum Gasteiger partial charge on any atom is 0.326 e. The average Bonchev–Trinajstić information content (AvgIpc) is 2.70. The van der Waals surface area contributed by atoms with Crippen molar-refractivity contribution in [3.05, 3.63) is 0 Å². The van der Waals surface area contributed by atoms with Gasteiger partial charge in [-0.05, 0) is 24.9 Å². The number of aliphatic carboxylic acids is 1. The number of carbonyl (C=O) groups is 3. The zero-order valence-corrected chi connectivity index (χ0v) is 10.4. The first kappa shape index (κ1) is 13.8. The van der Waals surface area contributed by atoms with Crippen molar-refractivity contribution < 1.29 is 19.5 Å². The molecule has 6 nitrogen and oxygen atoms in total. The van der Waals surface area contributed by atoms with Crippen LogP contribution in [0.4, 0.5) is 0 Å². The quantitative estimate of drug-likeness (QED) is 0.603. The van der Waals surface area contributed by atoms with E-state index in [1.54, 1.807) is 0 Å². The Morgan fingerprint density at radius 2 is 2.35 bits per heavy atom. The molecular weight excluding hydrogens is 244 g/mol. The molecule has 1 fully saturated rings. The minimum absolute atomic E-state index is 0.166. The maximum atomic E-state index is 11.7. The number of carboxylic acid groups (broad SMARTS) is 1. The van der Waals surface area contributed by atoms with Crippen LogP contribution in [0.2, 0.25) is 0 Å². The van der Waals surface area contributed by atoms with Gasteiger partial charge in [0, 0.05) is 6.42 Å². The molecule has 1 aliphatic rings. The predicted octanol–water partition coefficient (Wildman–Crippen LogP) is -0.412. The molecule has 0 aliphatic carbocycles. The van der Waals surface area contributed by atoms with Crippen LogP contribution in [0.1, 0.15) is 19.3 Å². The molecule has 0 saturated carbocycles. The Hall–Kier alpha value is -1.24. The van der Waals surface area contributed by atoms with Gasteiger partial charge in [-0.3, -0.25) is 9.59 Å². The maximum absolute atomic E-state index is 11.7. The Labute approximate surface area is 104 Å². The van der Waals surface area contributed by atoms with Gasteiger partial charge in [0.05, 0.1) is 0 Å². The summed E-state index contributed by atoms with van der Waals surface area (Å²) in [6.45, 7) is 0. The topological polar surface area (TPSA) is 95.5 Å². The first-order valence-electron chi connectivity index (χ1n) is 5.36. The van der Waals surface area contributed by atoms with Gasteiger partial charge in [0.15, 0.2) is 0 Å². The summed E-state index contributed by atoms with van der Waals surface area (Å²) in [5.41, 5.74) is 0. The van der Waals surface area contributed by atoms with Crippen molar-refractivity contribution in [3.8, 4) is 0 Å². The van der Waals surface area contributed by atoms with E-state index < -0.39 is 24.0 Å². The Bertz CT molecular complexity index is 321. The van der Waals surface area contributed by atoms with Gasteiger partial charge in [0.1, 0.15) is 12.1 Å². The van der Waals surface area contributed by atoms with E-state index in [0.29, 0.717) is 25.0 Å². The summed E-state index contributed by atoms with van der Waals surface area (Å²) in [5, 5.41) is 13.9. The van der Waals surface area contributed by atoms with Gasteiger partial charge in [-0.2, -0.15) is 11.8 Å². The summed E-state index contributed by atoms with van der Waals surface area (Å²) in [5.74, 6) is -0.962. The van der Waals surface area contributed by atoms with Crippen molar-refractivity contribution in [2.45, 2.75) is 31.3 Å². The minimum atomic E-state index is -1.04. The Morgan fingerprint density at radius 3 is 2.82 bits per heavy atom. The van der Waals surface area contributed by atoms with Crippen molar-refractivity contribution >= 4 is 29.5 Å². The summed E-state index contributed by atoms with van der Waals surface area (Å²) < 4.78 is 0. The van der Waals surface area contributed by atoms with E-state index in [9.17, 15) is 14.4 Å². The standard InChI is InChI=1S/C10H16N2O4S/c1-17-5-4-7(10(15)16)12-9(14)6-2-3-8(13)11-6/h6-7H,2-5H2,1H3,(H,11,13)(H,12,14)(H,15,16)/t6-,7+/m1/s1. The SMILES string of the molecule is CSCC[C@H](NC(=O)[C@H]1CCC(=O)N1)C(=O)O. The molecule has 0 aromatic heterocycles. The molecule has 1 rings (SSSR count). The lowest BCUT2D eigenvalue weighted by molar-refractivity contribution is -0.142. The molecule has 0 aromatic rings. The molecule has 0 spiro atoms. The summed E-state index contributed by atoms with van der Waals surface area (Å²) >= 11 is 1.52. The van der Waals surface area contributed by atoms with Gasteiger partial charge in [-0.15, -0.1) is 0 Å². The van der Waals surface area contributed by atoms with Crippen molar-refractivity contribution in [3.63, 3.8) is 0 Å². The molecule has 96 valence electrons. The van der Waals surface area contributed by atoms with Crippen LogP contribution in [0, 0.1) is 0 Å². The molecule has 0 aromatic carbocycles. The number of rotatable bonds is 6. The molecule has 1 heterocycles. The van der Waals surface area contributed by atoms with Gasteiger partial charge in [-0.1, -0.05) is 0 Å². The molecule has 2 atom stereocenters. The van der Waals surface area contributed by atoms with E-state index in [1.807, 2.05) is 6.26 Å². The third-order valence-corrected chi connectivity index (χ3v) is 3.18. The van der Waals surface area contributed by atoms with Crippen molar-refractivity contribution in [1.29, 1.82) is 0 Å². The molecule has 0 unspecified atom stereocenters. The molecule has 17 heavy (non-hydrogen) atoms. The van der Waals surface area contributed by atoms with Crippen LogP contribution < -0.4 is 10.6 Å². The summed E-state index contributed by atoms with van der Waals surface area (Å²) in [7, 11) is 0. The highest BCUT2D eigenvalue weighted by molar-refractivity contribution is 7.98. The van der Waals surface area contributed by atoms with E-state index in [1.165, 1.54) is 11.8 Å². The lowest BCUT2D eigenvalue weighted by atomic mass is 10.1. The molecular formula is C10H16N2O4S. The molecule has 0 bridgehead atoms. The normalized spacial score (nSPS) is 20.8. The van der Waals surface area contributed by atoms with E-state index >= 15 is 0 Å². The third-order valence-electron chi connectivity index (χ3n) is 2.54. The molecule has 1 aliphatic heterocycles. The fourth-order valence-corrected chi connectivity index (χ4v) is 2.05. The van der Waals surface area contributed by atoms with Crippen LogP contribution in [-0.2, 0) is 14.4 Å². The first-order chi connectivity index (χ1) is 8.04. The number of hydrogen-bond donors (Lipinski definition) is 3. The van der Waals surface area contributed by atoms with E-state index in [-0.39, 0.29) is 5.91 Å². The van der Waals surface area contributed by atoms with Crippen molar-refractivity contribution in [2.75, 3.05) is 12.0 Å². The van der Waals surface area contributed by atoms with Crippen LogP contribution in [0.5, 0.6) is 0 Å². The van der Waals surface area contributed by atoms with Crippen LogP contribution >= 0.6 is 11.8 Å². The zero-order valence-electron chi connectivity index (χ0n) is 9.56. The van der Waals surface area contributed by atoms with Crippen LogP contribution in [0.3, 0.4) is 0 Å². The van der Waals surface area contributed by atoms with E-state index in [0.717, 1.165) is 0 Å². The molecule has 0 radical (unpaired) electrons. The summed E-state index contributed by atoms with van der Waals surface area (Å²) in [4.78, 5) is 33.5. The van der Waals surface area contributed by atoms with Crippen molar-refractivity contribution in [2.24, 2.45) is 0 Å². The first-order valence-corrected chi connectivity index (χ1v) is 6.75. The van der Waals surface area contributed by atoms with Crippen LogP contribution in [0.15, 0.2) is 0 Å². The van der Waals surface area contributed by atoms with E-state index in [4.69, 9.17) is 5.11 Å². The van der Waals surface area contributed by atoms with Gasteiger partial charge < -0.3 is 15.7 Å². The fourth-order valence-electron chi connectivity index (χ4n) is 1.58. The second-order valence-corrected chi connectivity index (χ2v) is 4.83. The van der Waals surface area contributed by atoms with Gasteiger partial charge in [0.2, 0.25) is 11.8 Å². The number of amides is 2. The highest BCUT2D eigenvalue weighted by Crippen LogP contribution is 2.08. The van der Waals surface area contributed by atoms with Crippen LogP contribution in [0.25, 0.3) is 0 Å². The molecule has 2 amide bonds.